The van der Waals surface area contributed by atoms with E-state index in [2.05, 4.69) is 21.9 Å². The van der Waals surface area contributed by atoms with Crippen molar-refractivity contribution >= 4 is 11.8 Å². The number of benzene rings is 1. The van der Waals surface area contributed by atoms with Gasteiger partial charge in [-0.15, -0.1) is 0 Å². The molecule has 4 fully saturated rings. The minimum atomic E-state index is 0.188. The van der Waals surface area contributed by atoms with Gasteiger partial charge in [0.15, 0.2) is 0 Å². The third-order valence-electron chi connectivity index (χ3n) is 7.84. The summed E-state index contributed by atoms with van der Waals surface area (Å²) in [5.41, 5.74) is 1.22. The SMILES string of the molecule is COc1cccc(C[C@H]2[C@H]3C[C@H](CN(C(=O)C4CCC4)C3)[C@@H]3CCCC(=O)N32)c1. The second kappa shape index (κ2) is 7.66. The molecule has 3 saturated heterocycles. The average Bonchev–Trinajstić information content (AvgIpc) is 2.70. The van der Waals surface area contributed by atoms with Gasteiger partial charge in [0.1, 0.15) is 5.75 Å². The van der Waals surface area contributed by atoms with E-state index in [1.807, 2.05) is 12.1 Å². The van der Waals surface area contributed by atoms with Gasteiger partial charge in [-0.25, -0.2) is 0 Å². The largest absolute Gasteiger partial charge is 0.497 e. The lowest BCUT2D eigenvalue weighted by molar-refractivity contribution is -0.158. The van der Waals surface area contributed by atoms with Gasteiger partial charge in [-0.05, 0) is 68.1 Å². The molecule has 5 nitrogen and oxygen atoms in total. The van der Waals surface area contributed by atoms with E-state index < -0.39 is 0 Å². The molecule has 0 spiro atoms. The van der Waals surface area contributed by atoms with Gasteiger partial charge >= 0.3 is 0 Å². The highest BCUT2D eigenvalue weighted by molar-refractivity contribution is 5.80. The number of hydrogen-bond acceptors (Lipinski definition) is 3. The maximum atomic E-state index is 13.0. The monoisotopic (exact) mass is 396 g/mol. The van der Waals surface area contributed by atoms with Crippen molar-refractivity contribution in [2.24, 2.45) is 17.8 Å². The molecule has 1 aromatic rings. The highest BCUT2D eigenvalue weighted by atomic mass is 16.5. The van der Waals surface area contributed by atoms with Crippen LogP contribution in [0.5, 0.6) is 5.75 Å². The van der Waals surface area contributed by atoms with E-state index >= 15 is 0 Å². The molecule has 1 aromatic carbocycles. The minimum absolute atomic E-state index is 0.188. The summed E-state index contributed by atoms with van der Waals surface area (Å²) in [5, 5.41) is 0. The molecule has 0 radical (unpaired) electrons. The molecular formula is C24H32N2O3. The molecule has 2 amide bonds. The van der Waals surface area contributed by atoms with Crippen molar-refractivity contribution in [2.75, 3.05) is 20.2 Å². The third-order valence-corrected chi connectivity index (χ3v) is 7.84. The van der Waals surface area contributed by atoms with Gasteiger partial charge < -0.3 is 14.5 Å². The molecule has 5 heteroatoms. The first-order chi connectivity index (χ1) is 14.1. The Morgan fingerprint density at radius 3 is 2.72 bits per heavy atom. The second-order valence-corrected chi connectivity index (χ2v) is 9.51. The van der Waals surface area contributed by atoms with Crippen LogP contribution in [-0.4, -0.2) is 53.9 Å². The van der Waals surface area contributed by atoms with Gasteiger partial charge in [0.2, 0.25) is 11.8 Å². The predicted molar refractivity (Wildman–Crippen MR) is 110 cm³/mol. The molecule has 0 aromatic heterocycles. The Balaban J connectivity index is 1.42. The maximum absolute atomic E-state index is 13.0. The molecule has 4 aliphatic rings. The number of carbonyl (C=O) groups excluding carboxylic acids is 2. The zero-order chi connectivity index (χ0) is 20.0. The van der Waals surface area contributed by atoms with Crippen molar-refractivity contribution in [1.82, 2.24) is 9.80 Å². The van der Waals surface area contributed by atoms with Gasteiger partial charge in [-0.3, -0.25) is 9.59 Å². The smallest absolute Gasteiger partial charge is 0.225 e. The van der Waals surface area contributed by atoms with Crippen LogP contribution < -0.4 is 4.74 Å². The number of ether oxygens (including phenoxy) is 1. The fourth-order valence-electron chi connectivity index (χ4n) is 6.17. The molecule has 0 N–H and O–H groups in total. The van der Waals surface area contributed by atoms with Crippen molar-refractivity contribution in [3.05, 3.63) is 29.8 Å². The zero-order valence-electron chi connectivity index (χ0n) is 17.4. The summed E-state index contributed by atoms with van der Waals surface area (Å²) >= 11 is 0. The summed E-state index contributed by atoms with van der Waals surface area (Å²) in [6.07, 6.45) is 8.07. The molecule has 3 aliphatic heterocycles. The van der Waals surface area contributed by atoms with E-state index in [1.54, 1.807) is 7.11 Å². The Morgan fingerprint density at radius 2 is 1.97 bits per heavy atom. The molecule has 156 valence electrons. The summed E-state index contributed by atoms with van der Waals surface area (Å²) in [7, 11) is 1.69. The number of methoxy groups -OCH3 is 1. The van der Waals surface area contributed by atoms with Crippen LogP contribution in [0.3, 0.4) is 0 Å². The first-order valence-corrected chi connectivity index (χ1v) is 11.4. The van der Waals surface area contributed by atoms with Crippen molar-refractivity contribution < 1.29 is 14.3 Å². The highest BCUT2D eigenvalue weighted by Crippen LogP contribution is 2.43. The van der Waals surface area contributed by atoms with E-state index in [0.29, 0.717) is 36.1 Å². The van der Waals surface area contributed by atoms with Gasteiger partial charge in [-0.1, -0.05) is 18.6 Å². The van der Waals surface area contributed by atoms with Crippen molar-refractivity contribution in [2.45, 2.75) is 63.5 Å². The zero-order valence-corrected chi connectivity index (χ0v) is 17.4. The quantitative estimate of drug-likeness (QED) is 0.785. The topological polar surface area (TPSA) is 49.9 Å². The minimum Gasteiger partial charge on any atom is -0.497 e. The summed E-state index contributed by atoms with van der Waals surface area (Å²) in [6, 6.07) is 8.72. The second-order valence-electron chi connectivity index (χ2n) is 9.51. The standard InChI is InChI=1S/C24H32N2O3/c1-29-20-8-2-5-16(11-20)12-22-19-13-18(21-9-4-10-23(27)26(21)22)14-25(15-19)24(28)17-6-3-7-17/h2,5,8,11,17-19,21-22H,3-4,6-7,9-10,12-15H2,1H3/t18-,19+,21+,22+/m1/s1. The van der Waals surface area contributed by atoms with Crippen LogP contribution in [0.25, 0.3) is 0 Å². The van der Waals surface area contributed by atoms with Gasteiger partial charge in [0.25, 0.3) is 0 Å². The van der Waals surface area contributed by atoms with Crippen LogP contribution in [0.2, 0.25) is 0 Å². The van der Waals surface area contributed by atoms with Crippen LogP contribution in [0, 0.1) is 17.8 Å². The maximum Gasteiger partial charge on any atom is 0.225 e. The van der Waals surface area contributed by atoms with Crippen LogP contribution in [0.4, 0.5) is 0 Å². The number of likely N-dealkylation sites (tertiary alicyclic amines) is 1. The molecule has 4 atom stereocenters. The highest BCUT2D eigenvalue weighted by Gasteiger charge is 2.50. The summed E-state index contributed by atoms with van der Waals surface area (Å²) in [5.74, 6) is 2.65. The summed E-state index contributed by atoms with van der Waals surface area (Å²) in [6.45, 7) is 1.67. The fraction of sp³-hybridized carbons (Fsp3) is 0.667. The average molecular weight is 397 g/mol. The number of rotatable bonds is 4. The molecule has 0 unspecified atom stereocenters. The number of amides is 2. The Kier molecular flexibility index (Phi) is 5.00. The van der Waals surface area contributed by atoms with Gasteiger partial charge in [0.05, 0.1) is 7.11 Å². The molecule has 1 aliphatic carbocycles. The molecule has 29 heavy (non-hydrogen) atoms. The predicted octanol–water partition coefficient (Wildman–Crippen LogP) is 3.27. The first kappa shape index (κ1) is 19.0. The number of fused-ring (bicyclic) bond motifs is 4. The van der Waals surface area contributed by atoms with Crippen molar-refractivity contribution in [1.29, 1.82) is 0 Å². The van der Waals surface area contributed by atoms with Crippen LogP contribution >= 0.6 is 0 Å². The Labute approximate surface area is 173 Å². The summed E-state index contributed by atoms with van der Waals surface area (Å²) < 4.78 is 5.41. The fourth-order valence-corrected chi connectivity index (χ4v) is 6.17. The van der Waals surface area contributed by atoms with E-state index in [-0.39, 0.29) is 12.0 Å². The Bertz CT molecular complexity index is 790. The normalized spacial score (nSPS) is 31.8. The van der Waals surface area contributed by atoms with Crippen molar-refractivity contribution in [3.63, 3.8) is 0 Å². The molecule has 2 bridgehead atoms. The molecule has 1 saturated carbocycles. The van der Waals surface area contributed by atoms with Gasteiger partial charge in [0, 0.05) is 37.5 Å². The number of hydrogen-bond donors (Lipinski definition) is 0. The van der Waals surface area contributed by atoms with Crippen LogP contribution in [0.1, 0.15) is 50.5 Å². The molecule has 3 heterocycles. The lowest BCUT2D eigenvalue weighted by Gasteiger charge is -2.57. The molecule has 5 rings (SSSR count). The summed E-state index contributed by atoms with van der Waals surface area (Å²) in [4.78, 5) is 30.4. The van der Waals surface area contributed by atoms with E-state index in [0.717, 1.165) is 57.4 Å². The Morgan fingerprint density at radius 1 is 1.14 bits per heavy atom. The van der Waals surface area contributed by atoms with Crippen LogP contribution in [0.15, 0.2) is 24.3 Å². The van der Waals surface area contributed by atoms with E-state index in [1.165, 1.54) is 12.0 Å². The van der Waals surface area contributed by atoms with E-state index in [4.69, 9.17) is 4.74 Å². The lowest BCUT2D eigenvalue weighted by Crippen LogP contribution is -2.66. The number of nitrogens with zero attached hydrogens (tertiary/aromatic N) is 2. The van der Waals surface area contributed by atoms with Crippen molar-refractivity contribution in [3.8, 4) is 5.75 Å². The molecular weight excluding hydrogens is 364 g/mol. The Hall–Kier alpha value is -2.04. The third kappa shape index (κ3) is 3.43. The number of carbonyl (C=O) groups is 2. The first-order valence-electron chi connectivity index (χ1n) is 11.4. The number of piperidine rings is 3. The van der Waals surface area contributed by atoms with Crippen LogP contribution in [-0.2, 0) is 16.0 Å². The van der Waals surface area contributed by atoms with E-state index in [9.17, 15) is 9.59 Å². The lowest BCUT2D eigenvalue weighted by atomic mass is 9.70. The van der Waals surface area contributed by atoms with Gasteiger partial charge in [-0.2, -0.15) is 0 Å².